The summed E-state index contributed by atoms with van der Waals surface area (Å²) >= 11 is 0. The molecule has 0 amide bonds. The fourth-order valence-electron chi connectivity index (χ4n) is 4.09. The number of hydrogen-bond donors (Lipinski definition) is 0. The molecule has 0 heterocycles. The van der Waals surface area contributed by atoms with Gasteiger partial charge in [0.05, 0.1) is 18.2 Å². The molecular formula is C31H26FNO2. The van der Waals surface area contributed by atoms with Crippen LogP contribution in [0, 0.1) is 17.1 Å². The molecule has 4 heteroatoms. The second-order valence-corrected chi connectivity index (χ2v) is 8.01. The molecule has 0 aliphatic carbocycles. The van der Waals surface area contributed by atoms with Crippen molar-refractivity contribution in [3.05, 3.63) is 120 Å². The van der Waals surface area contributed by atoms with Crippen molar-refractivity contribution >= 4 is 22.4 Å². The molecule has 0 atom stereocenters. The van der Waals surface area contributed by atoms with Crippen LogP contribution in [-0.2, 0) is 13.0 Å². The van der Waals surface area contributed by atoms with Gasteiger partial charge in [0.1, 0.15) is 12.4 Å². The predicted molar refractivity (Wildman–Crippen MR) is 140 cm³/mol. The lowest BCUT2D eigenvalue weighted by molar-refractivity contribution is 0.268. The number of ether oxygens (including phenoxy) is 2. The number of nitriles is 1. The number of hydrogen-bond acceptors (Lipinski definition) is 3. The molecule has 0 fully saturated rings. The van der Waals surface area contributed by atoms with Crippen LogP contribution in [0.25, 0.3) is 22.4 Å². The summed E-state index contributed by atoms with van der Waals surface area (Å²) in [6, 6.07) is 26.5. The van der Waals surface area contributed by atoms with Crippen LogP contribution in [0.5, 0.6) is 11.5 Å². The van der Waals surface area contributed by atoms with Crippen molar-refractivity contribution in [2.45, 2.75) is 20.0 Å². The van der Waals surface area contributed by atoms with E-state index in [2.05, 4.69) is 36.9 Å². The quantitative estimate of drug-likeness (QED) is 0.145. The third kappa shape index (κ3) is 5.42. The zero-order valence-electron chi connectivity index (χ0n) is 19.6. The Balaban J connectivity index is 1.74. The third-order valence-corrected chi connectivity index (χ3v) is 5.67. The first-order chi connectivity index (χ1) is 17.1. The summed E-state index contributed by atoms with van der Waals surface area (Å²) in [5.74, 6) is 0.775. The molecule has 3 nitrogen and oxygen atoms in total. The first-order valence-corrected chi connectivity index (χ1v) is 11.5. The standard InChI is InChI=1S/C31H26FNO2/c1-3-10-24-17-22(18-26(20-33)28-15-7-8-16-29(28)32)19-30(34-4-2)31(24)35-21-25-13-9-12-23-11-5-6-14-27(23)25/h3,5-9,11-19H,1,4,10,21H2,2H3. The van der Waals surface area contributed by atoms with Crippen LogP contribution in [0.2, 0.25) is 0 Å². The van der Waals surface area contributed by atoms with Gasteiger partial charge in [-0.15, -0.1) is 6.58 Å². The molecule has 4 aromatic rings. The van der Waals surface area contributed by atoms with Crippen molar-refractivity contribution in [2.75, 3.05) is 6.61 Å². The Bertz CT molecular complexity index is 1430. The minimum Gasteiger partial charge on any atom is -0.490 e. The van der Waals surface area contributed by atoms with Crippen molar-refractivity contribution in [2.24, 2.45) is 0 Å². The maximum Gasteiger partial charge on any atom is 0.165 e. The van der Waals surface area contributed by atoms with E-state index in [1.807, 2.05) is 37.3 Å². The van der Waals surface area contributed by atoms with Crippen LogP contribution >= 0.6 is 0 Å². The van der Waals surface area contributed by atoms with Gasteiger partial charge < -0.3 is 9.47 Å². The maximum atomic E-state index is 14.3. The van der Waals surface area contributed by atoms with Gasteiger partial charge in [-0.25, -0.2) is 4.39 Å². The Morgan fingerprint density at radius 3 is 2.51 bits per heavy atom. The van der Waals surface area contributed by atoms with E-state index in [9.17, 15) is 9.65 Å². The van der Waals surface area contributed by atoms with Gasteiger partial charge in [0.25, 0.3) is 0 Å². The molecule has 0 N–H and O–H groups in total. The van der Waals surface area contributed by atoms with Crippen molar-refractivity contribution in [1.29, 1.82) is 5.26 Å². The number of halogens is 1. The Labute approximate surface area is 205 Å². The van der Waals surface area contributed by atoms with E-state index >= 15 is 0 Å². The summed E-state index contributed by atoms with van der Waals surface area (Å²) in [5.41, 5.74) is 3.17. The highest BCUT2D eigenvalue weighted by atomic mass is 19.1. The molecule has 4 rings (SSSR count). The zero-order valence-corrected chi connectivity index (χ0v) is 19.6. The SMILES string of the molecule is C=CCc1cc(C=C(C#N)c2ccccc2F)cc(OCC)c1OCc1cccc2ccccc12. The first-order valence-electron chi connectivity index (χ1n) is 11.5. The predicted octanol–water partition coefficient (Wildman–Crippen LogP) is 7.75. The van der Waals surface area contributed by atoms with Crippen LogP contribution in [0.4, 0.5) is 4.39 Å². The lowest BCUT2D eigenvalue weighted by Crippen LogP contribution is -2.04. The van der Waals surface area contributed by atoms with Gasteiger partial charge in [-0.1, -0.05) is 66.7 Å². The second kappa shape index (κ2) is 11.2. The lowest BCUT2D eigenvalue weighted by atomic mass is 10.00. The van der Waals surface area contributed by atoms with E-state index < -0.39 is 5.82 Å². The van der Waals surface area contributed by atoms with Gasteiger partial charge in [0.2, 0.25) is 0 Å². The molecule has 0 radical (unpaired) electrons. The molecule has 174 valence electrons. The highest BCUT2D eigenvalue weighted by Crippen LogP contribution is 2.36. The summed E-state index contributed by atoms with van der Waals surface area (Å²) in [6.07, 6.45) is 4.02. The van der Waals surface area contributed by atoms with E-state index in [0.717, 1.165) is 27.5 Å². The normalized spacial score (nSPS) is 11.2. The summed E-state index contributed by atoms with van der Waals surface area (Å²) < 4.78 is 26.6. The van der Waals surface area contributed by atoms with Crippen LogP contribution in [-0.4, -0.2) is 6.61 Å². The fourth-order valence-corrected chi connectivity index (χ4v) is 4.09. The average Bonchev–Trinajstić information content (AvgIpc) is 2.88. The third-order valence-electron chi connectivity index (χ3n) is 5.67. The smallest absolute Gasteiger partial charge is 0.165 e. The van der Waals surface area contributed by atoms with E-state index in [0.29, 0.717) is 31.1 Å². The Kier molecular flexibility index (Phi) is 7.60. The van der Waals surface area contributed by atoms with E-state index in [1.165, 1.54) is 6.07 Å². The highest BCUT2D eigenvalue weighted by Gasteiger charge is 2.15. The van der Waals surface area contributed by atoms with Gasteiger partial charge in [0.15, 0.2) is 11.5 Å². The molecule has 0 unspecified atom stereocenters. The number of nitrogens with zero attached hydrogens (tertiary/aromatic N) is 1. The molecule has 0 spiro atoms. The molecule has 0 saturated heterocycles. The molecule has 0 saturated carbocycles. The Hall–Kier alpha value is -4.36. The van der Waals surface area contributed by atoms with Gasteiger partial charge >= 0.3 is 0 Å². The molecular weight excluding hydrogens is 437 g/mol. The molecule has 0 aromatic heterocycles. The second-order valence-electron chi connectivity index (χ2n) is 8.01. The van der Waals surface area contributed by atoms with Crippen molar-refractivity contribution in [1.82, 2.24) is 0 Å². The number of rotatable bonds is 9. The average molecular weight is 464 g/mol. The van der Waals surface area contributed by atoms with E-state index in [1.54, 1.807) is 30.4 Å². The summed E-state index contributed by atoms with van der Waals surface area (Å²) in [6.45, 7) is 6.61. The van der Waals surface area contributed by atoms with Gasteiger partial charge in [0, 0.05) is 11.1 Å². The maximum absolute atomic E-state index is 14.3. The van der Waals surface area contributed by atoms with Gasteiger partial charge in [-0.3, -0.25) is 0 Å². The Morgan fingerprint density at radius 2 is 1.74 bits per heavy atom. The summed E-state index contributed by atoms with van der Waals surface area (Å²) in [5, 5.41) is 12.0. The topological polar surface area (TPSA) is 42.2 Å². The lowest BCUT2D eigenvalue weighted by Gasteiger charge is -2.17. The minimum atomic E-state index is -0.438. The summed E-state index contributed by atoms with van der Waals surface area (Å²) in [7, 11) is 0. The van der Waals surface area contributed by atoms with Crippen LogP contribution in [0.3, 0.4) is 0 Å². The van der Waals surface area contributed by atoms with Crippen LogP contribution < -0.4 is 9.47 Å². The van der Waals surface area contributed by atoms with E-state index in [-0.39, 0.29) is 11.1 Å². The van der Waals surface area contributed by atoms with E-state index in [4.69, 9.17) is 9.47 Å². The largest absolute Gasteiger partial charge is 0.490 e. The van der Waals surface area contributed by atoms with Gasteiger partial charge in [-0.2, -0.15) is 5.26 Å². The van der Waals surface area contributed by atoms with Crippen molar-refractivity contribution in [3.8, 4) is 17.6 Å². The fraction of sp³-hybridized carbons (Fsp3) is 0.129. The monoisotopic (exact) mass is 463 g/mol. The van der Waals surface area contributed by atoms with Crippen LogP contribution in [0.15, 0.2) is 91.5 Å². The molecule has 35 heavy (non-hydrogen) atoms. The Morgan fingerprint density at radius 1 is 0.971 bits per heavy atom. The van der Waals surface area contributed by atoms with Crippen LogP contribution in [0.1, 0.15) is 29.2 Å². The molecule has 0 aliphatic heterocycles. The molecule has 0 aliphatic rings. The molecule has 0 bridgehead atoms. The number of benzene rings is 4. The number of fused-ring (bicyclic) bond motifs is 1. The van der Waals surface area contributed by atoms with Gasteiger partial charge in [-0.05, 0) is 59.5 Å². The van der Waals surface area contributed by atoms with Crippen molar-refractivity contribution < 1.29 is 13.9 Å². The zero-order chi connectivity index (χ0) is 24.6. The summed E-state index contributed by atoms with van der Waals surface area (Å²) in [4.78, 5) is 0. The van der Waals surface area contributed by atoms with Crippen molar-refractivity contribution in [3.63, 3.8) is 0 Å². The first kappa shape index (κ1) is 23.8. The molecule has 4 aromatic carbocycles. The highest BCUT2D eigenvalue weighted by molar-refractivity contribution is 5.90. The number of allylic oxidation sites excluding steroid dienone is 2. The minimum absolute atomic E-state index is 0.236.